The van der Waals surface area contributed by atoms with E-state index in [1.165, 1.54) is 21.3 Å². The Labute approximate surface area is 150 Å². The molecule has 2 atom stereocenters. The molecule has 1 aromatic carbocycles. The monoisotopic (exact) mass is 375 g/mol. The lowest BCUT2D eigenvalue weighted by Gasteiger charge is -2.33. The summed E-state index contributed by atoms with van der Waals surface area (Å²) in [5, 5.41) is 2.55. The van der Waals surface area contributed by atoms with Crippen molar-refractivity contribution in [3.63, 3.8) is 0 Å². The molecule has 0 saturated heterocycles. The van der Waals surface area contributed by atoms with Crippen molar-refractivity contribution in [1.29, 1.82) is 0 Å². The van der Waals surface area contributed by atoms with Gasteiger partial charge in [-0.25, -0.2) is 0 Å². The Kier molecular flexibility index (Phi) is 6.61. The lowest BCUT2D eigenvalue weighted by atomic mass is 9.84. The Bertz CT molecular complexity index is 634. The van der Waals surface area contributed by atoms with Crippen molar-refractivity contribution in [1.82, 2.24) is 5.32 Å². The van der Waals surface area contributed by atoms with Gasteiger partial charge in [0.1, 0.15) is 0 Å². The van der Waals surface area contributed by atoms with Crippen LogP contribution in [0.25, 0.3) is 0 Å². The quantitative estimate of drug-likeness (QED) is 0.827. The van der Waals surface area contributed by atoms with E-state index in [4.69, 9.17) is 14.2 Å². The van der Waals surface area contributed by atoms with Crippen LogP contribution in [0.15, 0.2) is 12.1 Å². The van der Waals surface area contributed by atoms with E-state index in [0.29, 0.717) is 42.1 Å². The zero-order chi connectivity index (χ0) is 19.3. The Morgan fingerprint density at radius 3 is 2.31 bits per heavy atom. The molecule has 1 aliphatic carbocycles. The van der Waals surface area contributed by atoms with Crippen molar-refractivity contribution in [2.75, 3.05) is 21.3 Å². The molecule has 0 aliphatic heterocycles. The van der Waals surface area contributed by atoms with E-state index in [1.807, 2.05) is 0 Å². The van der Waals surface area contributed by atoms with Gasteiger partial charge in [0, 0.05) is 11.6 Å². The van der Waals surface area contributed by atoms with Gasteiger partial charge in [0.25, 0.3) is 0 Å². The molecule has 146 valence electrons. The van der Waals surface area contributed by atoms with Crippen molar-refractivity contribution in [3.05, 3.63) is 17.7 Å². The Hall–Kier alpha value is -2.12. The minimum atomic E-state index is -4.31. The van der Waals surface area contributed by atoms with Crippen molar-refractivity contribution >= 4 is 5.91 Å². The van der Waals surface area contributed by atoms with Gasteiger partial charge in [0.2, 0.25) is 11.7 Å². The highest BCUT2D eigenvalue weighted by molar-refractivity contribution is 5.80. The third-order valence-corrected chi connectivity index (χ3v) is 4.67. The van der Waals surface area contributed by atoms with Crippen LogP contribution in [0.5, 0.6) is 17.2 Å². The van der Waals surface area contributed by atoms with E-state index in [1.54, 1.807) is 12.1 Å². The summed E-state index contributed by atoms with van der Waals surface area (Å²) in [7, 11) is 4.35. The van der Waals surface area contributed by atoms with Crippen LogP contribution in [-0.4, -0.2) is 39.5 Å². The predicted molar refractivity (Wildman–Crippen MR) is 89.7 cm³/mol. The summed E-state index contributed by atoms with van der Waals surface area (Å²) in [4.78, 5) is 12.4. The van der Waals surface area contributed by atoms with Crippen LogP contribution in [0.4, 0.5) is 13.2 Å². The van der Waals surface area contributed by atoms with E-state index in [0.717, 1.165) is 0 Å². The first-order valence-corrected chi connectivity index (χ1v) is 8.45. The number of methoxy groups -OCH3 is 3. The van der Waals surface area contributed by atoms with E-state index < -0.39 is 24.0 Å². The molecule has 8 heteroatoms. The Morgan fingerprint density at radius 1 is 1.08 bits per heavy atom. The summed E-state index contributed by atoms with van der Waals surface area (Å²) in [5.41, 5.74) is 0.516. The molecule has 0 bridgehead atoms. The van der Waals surface area contributed by atoms with Gasteiger partial charge in [0.05, 0.1) is 33.7 Å². The Balaban J connectivity index is 2.14. The van der Waals surface area contributed by atoms with E-state index in [9.17, 15) is 18.0 Å². The summed E-state index contributed by atoms with van der Waals surface area (Å²) in [6.45, 7) is 0. The molecule has 1 N–H and O–H groups in total. The van der Waals surface area contributed by atoms with Gasteiger partial charge in [-0.1, -0.05) is 18.9 Å². The molecular weight excluding hydrogens is 351 g/mol. The second-order valence-electron chi connectivity index (χ2n) is 6.28. The number of nitrogens with one attached hydrogen (secondary N) is 1. The maximum atomic E-state index is 13.2. The fraction of sp³-hybridized carbons (Fsp3) is 0.611. The highest BCUT2D eigenvalue weighted by atomic mass is 19.4. The molecule has 0 heterocycles. The lowest BCUT2D eigenvalue weighted by molar-refractivity contribution is -0.189. The van der Waals surface area contributed by atoms with Gasteiger partial charge in [-0.15, -0.1) is 0 Å². The highest BCUT2D eigenvalue weighted by Crippen LogP contribution is 2.40. The SMILES string of the molecule is COc1ccc(CC(=O)N[C@@H]2CCCC[C@H]2C(F)(F)F)c(OC)c1OC. The maximum Gasteiger partial charge on any atom is 0.393 e. The molecule has 5 nitrogen and oxygen atoms in total. The second-order valence-corrected chi connectivity index (χ2v) is 6.28. The second kappa shape index (κ2) is 8.51. The van der Waals surface area contributed by atoms with Crippen molar-refractivity contribution in [2.45, 2.75) is 44.3 Å². The molecule has 1 saturated carbocycles. The zero-order valence-corrected chi connectivity index (χ0v) is 15.1. The van der Waals surface area contributed by atoms with Crippen LogP contribution in [0.1, 0.15) is 31.2 Å². The van der Waals surface area contributed by atoms with Crippen molar-refractivity contribution in [3.8, 4) is 17.2 Å². The first-order valence-electron chi connectivity index (χ1n) is 8.45. The molecule has 26 heavy (non-hydrogen) atoms. The van der Waals surface area contributed by atoms with Crippen LogP contribution < -0.4 is 19.5 Å². The van der Waals surface area contributed by atoms with Gasteiger partial charge < -0.3 is 19.5 Å². The van der Waals surface area contributed by atoms with Crippen molar-refractivity contribution < 1.29 is 32.2 Å². The molecule has 0 spiro atoms. The molecule has 2 rings (SSSR count). The third kappa shape index (κ3) is 4.53. The molecule has 1 aromatic rings. The van der Waals surface area contributed by atoms with Crippen molar-refractivity contribution in [2.24, 2.45) is 5.92 Å². The third-order valence-electron chi connectivity index (χ3n) is 4.67. The fourth-order valence-electron chi connectivity index (χ4n) is 3.43. The maximum absolute atomic E-state index is 13.2. The summed E-state index contributed by atoms with van der Waals surface area (Å²) < 4.78 is 55.3. The molecule has 0 radical (unpaired) electrons. The number of benzene rings is 1. The number of rotatable bonds is 6. The number of halogens is 3. The van der Waals surface area contributed by atoms with Crippen LogP contribution in [0, 0.1) is 5.92 Å². The normalized spacial score (nSPS) is 20.4. The smallest absolute Gasteiger partial charge is 0.393 e. The molecule has 0 aromatic heterocycles. The van der Waals surface area contributed by atoms with Crippen LogP contribution in [0.2, 0.25) is 0 Å². The topological polar surface area (TPSA) is 56.8 Å². The van der Waals surface area contributed by atoms with Gasteiger partial charge in [-0.2, -0.15) is 13.2 Å². The fourth-order valence-corrected chi connectivity index (χ4v) is 3.43. The highest BCUT2D eigenvalue weighted by Gasteiger charge is 2.45. The average molecular weight is 375 g/mol. The van der Waals surface area contributed by atoms with Crippen LogP contribution in [0.3, 0.4) is 0 Å². The number of amides is 1. The number of carbonyl (C=O) groups is 1. The number of carbonyl (C=O) groups excluding carboxylic acids is 1. The number of hydrogen-bond acceptors (Lipinski definition) is 4. The Morgan fingerprint density at radius 2 is 1.73 bits per heavy atom. The van der Waals surface area contributed by atoms with Gasteiger partial charge >= 0.3 is 6.18 Å². The standard InChI is InChI=1S/C18H24F3NO4/c1-24-14-9-8-11(16(25-2)17(14)26-3)10-15(23)22-13-7-5-4-6-12(13)18(19,20)21/h8-9,12-13H,4-7,10H2,1-3H3,(H,22,23)/t12-,13-/m1/s1. The van der Waals surface area contributed by atoms with E-state index in [2.05, 4.69) is 5.32 Å². The summed E-state index contributed by atoms with van der Waals surface area (Å²) in [6, 6.07) is 2.38. The number of ether oxygens (including phenoxy) is 3. The van der Waals surface area contributed by atoms with E-state index in [-0.39, 0.29) is 12.8 Å². The molecular formula is C18H24F3NO4. The van der Waals surface area contributed by atoms with Crippen LogP contribution >= 0.6 is 0 Å². The summed E-state index contributed by atoms with van der Waals surface area (Å²) in [6.07, 6.45) is -2.83. The predicted octanol–water partition coefficient (Wildman–Crippen LogP) is 3.49. The van der Waals surface area contributed by atoms with Gasteiger partial charge in [-0.05, 0) is 18.9 Å². The number of alkyl halides is 3. The average Bonchev–Trinajstić information content (AvgIpc) is 2.60. The number of hydrogen-bond donors (Lipinski definition) is 1. The lowest BCUT2D eigenvalue weighted by Crippen LogP contribution is -2.48. The summed E-state index contributed by atoms with van der Waals surface area (Å²) >= 11 is 0. The minimum absolute atomic E-state index is 0.0497. The molecule has 0 unspecified atom stereocenters. The van der Waals surface area contributed by atoms with Crippen LogP contribution in [-0.2, 0) is 11.2 Å². The van der Waals surface area contributed by atoms with Gasteiger partial charge in [0.15, 0.2) is 11.5 Å². The minimum Gasteiger partial charge on any atom is -0.493 e. The zero-order valence-electron chi connectivity index (χ0n) is 15.1. The molecule has 1 aliphatic rings. The largest absolute Gasteiger partial charge is 0.493 e. The first kappa shape index (κ1) is 20.2. The summed E-state index contributed by atoms with van der Waals surface area (Å²) in [5.74, 6) is -0.855. The molecule has 1 amide bonds. The van der Waals surface area contributed by atoms with Gasteiger partial charge in [-0.3, -0.25) is 4.79 Å². The molecule has 1 fully saturated rings. The first-order chi connectivity index (χ1) is 12.3. The van der Waals surface area contributed by atoms with E-state index >= 15 is 0 Å².